The predicted octanol–water partition coefficient (Wildman–Crippen LogP) is 1.97. The minimum atomic E-state index is -1.28. The molecule has 0 radical (unpaired) electrons. The van der Waals surface area contributed by atoms with Gasteiger partial charge < -0.3 is 19.7 Å². The first-order valence-corrected chi connectivity index (χ1v) is 7.89. The molecule has 6 heteroatoms. The molecule has 0 aromatic carbocycles. The third-order valence-electron chi connectivity index (χ3n) is 4.03. The second-order valence-electron chi connectivity index (χ2n) is 6.30. The summed E-state index contributed by atoms with van der Waals surface area (Å²) in [7, 11) is 0. The van der Waals surface area contributed by atoms with E-state index in [1.807, 2.05) is 6.92 Å². The van der Waals surface area contributed by atoms with Gasteiger partial charge in [0, 0.05) is 12.8 Å². The molecule has 0 amide bonds. The topological polar surface area (TPSA) is 93.1 Å². The molecule has 0 aliphatic rings. The molecule has 0 spiro atoms. The Balaban J connectivity index is 4.28. The van der Waals surface area contributed by atoms with Crippen LogP contribution in [0.2, 0.25) is 0 Å². The molecule has 0 rings (SSSR count). The lowest BCUT2D eigenvalue weighted by atomic mass is 9.92. The van der Waals surface area contributed by atoms with Crippen LogP contribution in [0.5, 0.6) is 0 Å². The van der Waals surface area contributed by atoms with Crippen molar-refractivity contribution >= 4 is 11.9 Å². The van der Waals surface area contributed by atoms with Crippen molar-refractivity contribution in [2.75, 3.05) is 0 Å². The number of hydrogen-bond acceptors (Lipinski definition) is 6. The Bertz CT molecular complexity index is 404. The van der Waals surface area contributed by atoms with Crippen LogP contribution in [0.1, 0.15) is 53.9 Å². The van der Waals surface area contributed by atoms with E-state index in [1.54, 1.807) is 19.9 Å². The number of esters is 2. The number of carbonyl (C=O) groups excluding carboxylic acids is 2. The maximum Gasteiger partial charge on any atom is 0.308 e. The first kappa shape index (κ1) is 21.6. The van der Waals surface area contributed by atoms with Crippen molar-refractivity contribution in [2.24, 2.45) is 5.92 Å². The molecule has 0 heterocycles. The van der Waals surface area contributed by atoms with E-state index in [0.717, 1.165) is 0 Å². The molecule has 0 aliphatic heterocycles. The van der Waals surface area contributed by atoms with Crippen molar-refractivity contribution in [2.45, 2.75) is 77.8 Å². The van der Waals surface area contributed by atoms with Gasteiger partial charge in [-0.1, -0.05) is 13.0 Å². The first-order valence-electron chi connectivity index (χ1n) is 7.89. The summed E-state index contributed by atoms with van der Waals surface area (Å²) in [5, 5.41) is 20.2. The molecule has 0 aromatic heterocycles. The van der Waals surface area contributed by atoms with Gasteiger partial charge in [-0.15, -0.1) is 6.58 Å². The van der Waals surface area contributed by atoms with Crippen molar-refractivity contribution in [3.8, 4) is 0 Å². The van der Waals surface area contributed by atoms with E-state index in [4.69, 9.17) is 9.47 Å². The first-order chi connectivity index (χ1) is 10.5. The van der Waals surface area contributed by atoms with Gasteiger partial charge in [0.15, 0.2) is 0 Å². The molecule has 6 nitrogen and oxygen atoms in total. The van der Waals surface area contributed by atoms with Crippen LogP contribution >= 0.6 is 0 Å². The minimum Gasteiger partial charge on any atom is -0.462 e. The van der Waals surface area contributed by atoms with Crippen molar-refractivity contribution in [3.05, 3.63) is 12.7 Å². The summed E-state index contributed by atoms with van der Waals surface area (Å²) in [6, 6.07) is 0. The quantitative estimate of drug-likeness (QED) is 0.470. The van der Waals surface area contributed by atoms with Crippen LogP contribution in [0, 0.1) is 5.92 Å². The van der Waals surface area contributed by atoms with Crippen LogP contribution in [0.3, 0.4) is 0 Å². The average Bonchev–Trinajstić information content (AvgIpc) is 2.43. The van der Waals surface area contributed by atoms with Gasteiger partial charge in [0.2, 0.25) is 0 Å². The van der Waals surface area contributed by atoms with E-state index in [2.05, 4.69) is 6.58 Å². The second kappa shape index (κ2) is 9.67. The van der Waals surface area contributed by atoms with Gasteiger partial charge in [0.1, 0.15) is 12.2 Å². The van der Waals surface area contributed by atoms with E-state index in [1.165, 1.54) is 13.8 Å². The zero-order chi connectivity index (χ0) is 18.2. The molecule has 0 saturated heterocycles. The Morgan fingerprint density at radius 3 is 2.30 bits per heavy atom. The maximum absolute atomic E-state index is 11.7. The van der Waals surface area contributed by atoms with Gasteiger partial charge in [0.05, 0.1) is 18.1 Å². The largest absolute Gasteiger partial charge is 0.462 e. The molecule has 0 fully saturated rings. The van der Waals surface area contributed by atoms with Crippen molar-refractivity contribution in [1.82, 2.24) is 0 Å². The molecule has 134 valence electrons. The molecule has 0 aromatic rings. The number of rotatable bonds is 10. The van der Waals surface area contributed by atoms with Crippen LogP contribution in [-0.2, 0) is 19.1 Å². The van der Waals surface area contributed by atoms with E-state index in [-0.39, 0.29) is 31.3 Å². The minimum absolute atomic E-state index is 0.0291. The fourth-order valence-electron chi connectivity index (χ4n) is 1.89. The van der Waals surface area contributed by atoms with Crippen molar-refractivity contribution < 1.29 is 29.3 Å². The van der Waals surface area contributed by atoms with Crippen LogP contribution in [-0.4, -0.2) is 46.1 Å². The fourth-order valence-corrected chi connectivity index (χ4v) is 1.89. The van der Waals surface area contributed by atoms with Crippen LogP contribution in [0.4, 0.5) is 0 Å². The summed E-state index contributed by atoms with van der Waals surface area (Å²) in [4.78, 5) is 22.7. The van der Waals surface area contributed by atoms with Gasteiger partial charge in [-0.2, -0.15) is 0 Å². The fraction of sp³-hybridized carbons (Fsp3) is 0.765. The van der Waals surface area contributed by atoms with Gasteiger partial charge in [-0.25, -0.2) is 0 Å². The Kier molecular flexibility index (Phi) is 9.09. The predicted molar refractivity (Wildman–Crippen MR) is 86.6 cm³/mol. The number of carbonyl (C=O) groups is 2. The summed E-state index contributed by atoms with van der Waals surface area (Å²) in [5.41, 5.74) is -1.28. The van der Waals surface area contributed by atoms with Gasteiger partial charge in [-0.3, -0.25) is 9.59 Å². The summed E-state index contributed by atoms with van der Waals surface area (Å²) >= 11 is 0. The summed E-state index contributed by atoms with van der Waals surface area (Å²) < 4.78 is 10.2. The molecule has 0 bridgehead atoms. The third-order valence-corrected chi connectivity index (χ3v) is 4.03. The van der Waals surface area contributed by atoms with Gasteiger partial charge in [0.25, 0.3) is 0 Å². The zero-order valence-electron chi connectivity index (χ0n) is 14.7. The highest BCUT2D eigenvalue weighted by Gasteiger charge is 2.31. The Hall–Kier alpha value is -1.40. The monoisotopic (exact) mass is 330 g/mol. The number of ether oxygens (including phenoxy) is 2. The molecule has 5 unspecified atom stereocenters. The lowest BCUT2D eigenvalue weighted by Crippen LogP contribution is -2.40. The highest BCUT2D eigenvalue weighted by molar-refractivity contribution is 5.70. The molecular weight excluding hydrogens is 300 g/mol. The lowest BCUT2D eigenvalue weighted by Gasteiger charge is -2.30. The summed E-state index contributed by atoms with van der Waals surface area (Å²) in [5.74, 6) is -0.944. The Morgan fingerprint density at radius 1 is 1.26 bits per heavy atom. The van der Waals surface area contributed by atoms with Crippen molar-refractivity contribution in [3.63, 3.8) is 0 Å². The number of aliphatic hydroxyl groups is 2. The molecular formula is C17H30O6. The molecule has 0 saturated carbocycles. The summed E-state index contributed by atoms with van der Waals surface area (Å²) in [6.45, 7) is 11.7. The SMILES string of the molecule is C=CC(C)C(C)OC(=O)CC(O)CCC(C)(O)C(C)OC(C)=O. The van der Waals surface area contributed by atoms with Crippen LogP contribution in [0.25, 0.3) is 0 Å². The smallest absolute Gasteiger partial charge is 0.308 e. The highest BCUT2D eigenvalue weighted by Crippen LogP contribution is 2.22. The number of hydrogen-bond donors (Lipinski definition) is 2. The molecule has 2 N–H and O–H groups in total. The van der Waals surface area contributed by atoms with Crippen molar-refractivity contribution in [1.29, 1.82) is 0 Å². The van der Waals surface area contributed by atoms with E-state index < -0.39 is 29.7 Å². The molecule has 23 heavy (non-hydrogen) atoms. The Morgan fingerprint density at radius 2 is 1.83 bits per heavy atom. The Labute approximate surface area is 138 Å². The third kappa shape index (κ3) is 8.71. The van der Waals surface area contributed by atoms with Gasteiger partial charge in [-0.05, 0) is 33.6 Å². The van der Waals surface area contributed by atoms with Crippen LogP contribution < -0.4 is 0 Å². The zero-order valence-corrected chi connectivity index (χ0v) is 14.7. The average molecular weight is 330 g/mol. The van der Waals surface area contributed by atoms with E-state index >= 15 is 0 Å². The van der Waals surface area contributed by atoms with E-state index in [0.29, 0.717) is 0 Å². The standard InChI is InChI=1S/C17H30O6/c1-7-11(2)12(3)22-16(20)10-15(19)8-9-17(6,21)13(4)23-14(5)18/h7,11-13,15,19,21H,1,8-10H2,2-6H3. The second-order valence-corrected chi connectivity index (χ2v) is 6.30. The molecule has 5 atom stereocenters. The lowest BCUT2D eigenvalue weighted by molar-refractivity contribution is -0.160. The summed E-state index contributed by atoms with van der Waals surface area (Å²) in [6.07, 6.45) is -0.00130. The van der Waals surface area contributed by atoms with E-state index in [9.17, 15) is 19.8 Å². The van der Waals surface area contributed by atoms with Crippen LogP contribution in [0.15, 0.2) is 12.7 Å². The molecule has 0 aliphatic carbocycles. The number of aliphatic hydroxyl groups excluding tert-OH is 1. The van der Waals surface area contributed by atoms with Gasteiger partial charge >= 0.3 is 11.9 Å². The maximum atomic E-state index is 11.7. The normalized spacial score (nSPS) is 18.9. The highest BCUT2D eigenvalue weighted by atomic mass is 16.6.